The molecule has 144 valence electrons. The maximum Gasteiger partial charge on any atom is 0.407 e. The zero-order chi connectivity index (χ0) is 19.9. The number of ether oxygens (including phenoxy) is 1. The Morgan fingerprint density at radius 3 is 2.42 bits per heavy atom. The lowest BCUT2D eigenvalue weighted by atomic mass is 10.1. The van der Waals surface area contributed by atoms with Crippen molar-refractivity contribution >= 4 is 23.6 Å². The summed E-state index contributed by atoms with van der Waals surface area (Å²) in [5.74, 6) is -0.508. The Kier molecular flexibility index (Phi) is 7.61. The van der Waals surface area contributed by atoms with E-state index in [0.29, 0.717) is 0 Å². The third-order valence-electron chi connectivity index (χ3n) is 3.48. The van der Waals surface area contributed by atoms with Gasteiger partial charge in [0.25, 0.3) is 0 Å². The molecule has 0 aliphatic heterocycles. The molecular weight excluding hydrogens is 334 g/mol. The molecule has 0 aliphatic rings. The Bertz CT molecular complexity index is 665. The number of hydrogen-bond acceptors (Lipinski definition) is 4. The van der Waals surface area contributed by atoms with E-state index in [9.17, 15) is 14.4 Å². The fourth-order valence-corrected chi connectivity index (χ4v) is 2.14. The highest BCUT2D eigenvalue weighted by Gasteiger charge is 2.17. The summed E-state index contributed by atoms with van der Waals surface area (Å²) in [7, 11) is 1.55. The lowest BCUT2D eigenvalue weighted by Crippen LogP contribution is -2.38. The minimum atomic E-state index is -0.586. The van der Waals surface area contributed by atoms with E-state index < -0.39 is 11.7 Å². The number of alkyl carbamates (subject to hydrolysis) is 1. The molecule has 7 heteroatoms. The van der Waals surface area contributed by atoms with Crippen LogP contribution in [0.3, 0.4) is 0 Å². The molecule has 0 atom stereocenters. The molecule has 3 amide bonds. The zero-order valence-electron chi connectivity index (χ0n) is 16.4. The summed E-state index contributed by atoms with van der Waals surface area (Å²) in [6, 6.07) is 5.79. The monoisotopic (exact) mass is 363 g/mol. The van der Waals surface area contributed by atoms with Crippen LogP contribution in [0.5, 0.6) is 0 Å². The maximum atomic E-state index is 12.1. The number of rotatable bonds is 6. The SMILES string of the molecule is Cc1ccc(C)c(NC(=O)CN(C)C(=O)CCNC(=O)OC(C)(C)C)c1. The standard InChI is InChI=1S/C19H29N3O4/c1-13-7-8-14(2)15(11-13)21-16(23)12-22(6)17(24)9-10-20-18(25)26-19(3,4)5/h7-8,11H,9-10,12H2,1-6H3,(H,20,25)(H,21,23). The van der Waals surface area contributed by atoms with E-state index in [-0.39, 0.29) is 31.3 Å². The fourth-order valence-electron chi connectivity index (χ4n) is 2.14. The van der Waals surface area contributed by atoms with Crippen molar-refractivity contribution in [1.82, 2.24) is 10.2 Å². The lowest BCUT2D eigenvalue weighted by Gasteiger charge is -2.20. The average Bonchev–Trinajstić information content (AvgIpc) is 2.48. The average molecular weight is 363 g/mol. The van der Waals surface area contributed by atoms with Crippen molar-refractivity contribution in [3.8, 4) is 0 Å². The van der Waals surface area contributed by atoms with Crippen molar-refractivity contribution in [2.45, 2.75) is 46.6 Å². The topological polar surface area (TPSA) is 87.7 Å². The van der Waals surface area contributed by atoms with Crippen molar-refractivity contribution in [3.63, 3.8) is 0 Å². The van der Waals surface area contributed by atoms with Crippen LogP contribution >= 0.6 is 0 Å². The fraction of sp³-hybridized carbons (Fsp3) is 0.526. The molecule has 2 N–H and O–H groups in total. The Morgan fingerprint density at radius 2 is 1.81 bits per heavy atom. The van der Waals surface area contributed by atoms with Crippen LogP contribution in [0.4, 0.5) is 10.5 Å². The molecular formula is C19H29N3O4. The first kappa shape index (κ1) is 21.5. The minimum Gasteiger partial charge on any atom is -0.444 e. The predicted octanol–water partition coefficient (Wildman–Crippen LogP) is 2.62. The summed E-state index contributed by atoms with van der Waals surface area (Å²) < 4.78 is 5.09. The number of aryl methyl sites for hydroxylation is 2. The van der Waals surface area contributed by atoms with Crippen LogP contribution in [0.15, 0.2) is 18.2 Å². The smallest absolute Gasteiger partial charge is 0.407 e. The molecule has 1 aromatic rings. The molecule has 7 nitrogen and oxygen atoms in total. The van der Waals surface area contributed by atoms with E-state index in [1.165, 1.54) is 4.90 Å². The first-order valence-corrected chi connectivity index (χ1v) is 8.56. The summed E-state index contributed by atoms with van der Waals surface area (Å²) in [6.45, 7) is 9.24. The molecule has 0 unspecified atom stereocenters. The molecule has 0 fully saturated rings. The molecule has 26 heavy (non-hydrogen) atoms. The highest BCUT2D eigenvalue weighted by Crippen LogP contribution is 2.16. The predicted molar refractivity (Wildman–Crippen MR) is 101 cm³/mol. The Morgan fingerprint density at radius 1 is 1.15 bits per heavy atom. The highest BCUT2D eigenvalue weighted by molar-refractivity contribution is 5.95. The van der Waals surface area contributed by atoms with Gasteiger partial charge >= 0.3 is 6.09 Å². The Hall–Kier alpha value is -2.57. The molecule has 0 heterocycles. The number of carbonyl (C=O) groups excluding carboxylic acids is 3. The number of likely N-dealkylation sites (N-methyl/N-ethyl adjacent to an activating group) is 1. The number of benzene rings is 1. The van der Waals surface area contributed by atoms with Gasteiger partial charge in [0.15, 0.2) is 0 Å². The van der Waals surface area contributed by atoms with Crippen LogP contribution in [0.1, 0.15) is 38.3 Å². The molecule has 0 bridgehead atoms. The van der Waals surface area contributed by atoms with Gasteiger partial charge in [0.05, 0.1) is 6.54 Å². The van der Waals surface area contributed by atoms with Crippen LogP contribution in [-0.2, 0) is 14.3 Å². The molecule has 0 saturated carbocycles. The van der Waals surface area contributed by atoms with Crippen molar-refractivity contribution in [2.75, 3.05) is 25.5 Å². The van der Waals surface area contributed by atoms with Crippen LogP contribution in [-0.4, -0.2) is 48.5 Å². The third kappa shape index (κ3) is 8.00. The van der Waals surface area contributed by atoms with Crippen molar-refractivity contribution in [3.05, 3.63) is 29.3 Å². The van der Waals surface area contributed by atoms with Gasteiger partial charge in [-0.2, -0.15) is 0 Å². The van der Waals surface area contributed by atoms with Gasteiger partial charge in [0, 0.05) is 25.7 Å². The third-order valence-corrected chi connectivity index (χ3v) is 3.48. The van der Waals surface area contributed by atoms with Crippen LogP contribution in [0.2, 0.25) is 0 Å². The second kappa shape index (κ2) is 9.22. The van der Waals surface area contributed by atoms with Crippen molar-refractivity contribution < 1.29 is 19.1 Å². The maximum absolute atomic E-state index is 12.1. The van der Waals surface area contributed by atoms with E-state index in [0.717, 1.165) is 16.8 Å². The number of hydrogen-bond donors (Lipinski definition) is 2. The summed E-state index contributed by atoms with van der Waals surface area (Å²) in [5.41, 5.74) is 2.15. The number of nitrogens with one attached hydrogen (secondary N) is 2. The van der Waals surface area contributed by atoms with Crippen LogP contribution in [0, 0.1) is 13.8 Å². The number of nitrogens with zero attached hydrogens (tertiary/aromatic N) is 1. The molecule has 0 saturated heterocycles. The Labute approximate surface area is 155 Å². The summed E-state index contributed by atoms with van der Waals surface area (Å²) in [6.07, 6.45) is -0.479. The summed E-state index contributed by atoms with van der Waals surface area (Å²) >= 11 is 0. The van der Waals surface area contributed by atoms with Gasteiger partial charge in [-0.05, 0) is 51.8 Å². The normalized spacial score (nSPS) is 10.8. The minimum absolute atomic E-state index is 0.0569. The molecule has 1 aromatic carbocycles. The number of amides is 3. The summed E-state index contributed by atoms with van der Waals surface area (Å²) in [5, 5.41) is 5.34. The number of anilines is 1. The molecule has 1 rings (SSSR count). The van der Waals surface area contributed by atoms with E-state index in [4.69, 9.17) is 4.74 Å². The van der Waals surface area contributed by atoms with Crippen molar-refractivity contribution in [1.29, 1.82) is 0 Å². The van der Waals surface area contributed by atoms with Gasteiger partial charge in [0.1, 0.15) is 5.60 Å². The van der Waals surface area contributed by atoms with E-state index in [1.807, 2.05) is 32.0 Å². The first-order chi connectivity index (χ1) is 12.0. The number of carbonyl (C=O) groups is 3. The molecule has 0 aromatic heterocycles. The first-order valence-electron chi connectivity index (χ1n) is 8.56. The van der Waals surface area contributed by atoms with Gasteiger partial charge in [-0.3, -0.25) is 9.59 Å². The van der Waals surface area contributed by atoms with E-state index in [1.54, 1.807) is 27.8 Å². The zero-order valence-corrected chi connectivity index (χ0v) is 16.4. The summed E-state index contributed by atoms with van der Waals surface area (Å²) in [4.78, 5) is 37.1. The quantitative estimate of drug-likeness (QED) is 0.813. The van der Waals surface area contributed by atoms with Gasteiger partial charge in [-0.1, -0.05) is 12.1 Å². The molecule has 0 aliphatic carbocycles. The van der Waals surface area contributed by atoms with Gasteiger partial charge < -0.3 is 20.3 Å². The second-order valence-corrected chi connectivity index (χ2v) is 7.30. The lowest BCUT2D eigenvalue weighted by molar-refractivity contribution is -0.133. The van der Waals surface area contributed by atoms with Gasteiger partial charge in [-0.25, -0.2) is 4.79 Å². The van der Waals surface area contributed by atoms with Gasteiger partial charge in [-0.15, -0.1) is 0 Å². The van der Waals surface area contributed by atoms with E-state index in [2.05, 4.69) is 10.6 Å². The highest BCUT2D eigenvalue weighted by atomic mass is 16.6. The molecule has 0 spiro atoms. The van der Waals surface area contributed by atoms with Crippen LogP contribution in [0.25, 0.3) is 0 Å². The van der Waals surface area contributed by atoms with E-state index >= 15 is 0 Å². The second-order valence-electron chi connectivity index (χ2n) is 7.30. The molecule has 0 radical (unpaired) electrons. The van der Waals surface area contributed by atoms with Gasteiger partial charge in [0.2, 0.25) is 11.8 Å². The largest absolute Gasteiger partial charge is 0.444 e. The Balaban J connectivity index is 2.40. The van der Waals surface area contributed by atoms with Crippen LogP contribution < -0.4 is 10.6 Å². The van der Waals surface area contributed by atoms with Crippen molar-refractivity contribution in [2.24, 2.45) is 0 Å².